The Morgan fingerprint density at radius 2 is 2.29 bits per heavy atom. The number of aryl methyl sites for hydroxylation is 1. The number of thiazole rings is 1. The van der Waals surface area contributed by atoms with Gasteiger partial charge < -0.3 is 0 Å². The molecule has 0 fully saturated rings. The van der Waals surface area contributed by atoms with Crippen molar-refractivity contribution in [3.05, 3.63) is 35.0 Å². The number of hydrogen-bond acceptors (Lipinski definition) is 3. The van der Waals surface area contributed by atoms with Crippen molar-refractivity contribution in [2.75, 3.05) is 0 Å². The number of halogens is 1. The Morgan fingerprint density at radius 3 is 2.86 bits per heavy atom. The van der Waals surface area contributed by atoms with Gasteiger partial charge in [-0.1, -0.05) is 6.07 Å². The van der Waals surface area contributed by atoms with E-state index in [0.717, 1.165) is 22.0 Å². The van der Waals surface area contributed by atoms with Crippen LogP contribution in [0.1, 0.15) is 11.3 Å². The van der Waals surface area contributed by atoms with E-state index in [0.29, 0.717) is 5.88 Å². The number of nitrogens with zero attached hydrogens (tertiary/aromatic N) is 2. The van der Waals surface area contributed by atoms with Crippen LogP contribution in [0.3, 0.4) is 0 Å². The van der Waals surface area contributed by atoms with E-state index in [4.69, 9.17) is 11.6 Å². The average molecular weight is 225 g/mol. The third kappa shape index (κ3) is 1.94. The zero-order valence-electron chi connectivity index (χ0n) is 7.70. The predicted octanol–water partition coefficient (Wildman–Crippen LogP) is 3.25. The number of hydrogen-bond donors (Lipinski definition) is 0. The molecule has 2 nitrogen and oxygen atoms in total. The van der Waals surface area contributed by atoms with E-state index in [1.54, 1.807) is 11.3 Å². The molecule has 0 aliphatic carbocycles. The van der Waals surface area contributed by atoms with Crippen LogP contribution in [0.4, 0.5) is 0 Å². The first-order valence-electron chi connectivity index (χ1n) is 4.23. The lowest BCUT2D eigenvalue weighted by atomic mass is 10.3. The van der Waals surface area contributed by atoms with Crippen molar-refractivity contribution in [3.63, 3.8) is 0 Å². The van der Waals surface area contributed by atoms with Gasteiger partial charge in [-0.15, -0.1) is 22.9 Å². The second kappa shape index (κ2) is 4.07. The monoisotopic (exact) mass is 224 g/mol. The molecule has 2 rings (SSSR count). The molecule has 2 aromatic rings. The number of alkyl halides is 1. The van der Waals surface area contributed by atoms with Gasteiger partial charge in [0.05, 0.1) is 17.3 Å². The van der Waals surface area contributed by atoms with Crippen molar-refractivity contribution >= 4 is 22.9 Å². The van der Waals surface area contributed by atoms with Gasteiger partial charge in [0.1, 0.15) is 5.01 Å². The molecule has 0 saturated heterocycles. The van der Waals surface area contributed by atoms with Crippen LogP contribution in [0.2, 0.25) is 0 Å². The van der Waals surface area contributed by atoms with Crippen LogP contribution >= 0.6 is 22.9 Å². The molecule has 0 atom stereocenters. The molecule has 2 aromatic heterocycles. The van der Waals surface area contributed by atoms with Crippen LogP contribution in [0.15, 0.2) is 23.7 Å². The topological polar surface area (TPSA) is 25.8 Å². The van der Waals surface area contributed by atoms with E-state index in [-0.39, 0.29) is 0 Å². The first-order valence-corrected chi connectivity index (χ1v) is 5.64. The molecule has 0 radical (unpaired) electrons. The lowest BCUT2D eigenvalue weighted by molar-refractivity contribution is 1.20. The van der Waals surface area contributed by atoms with Gasteiger partial charge in [-0.2, -0.15) is 0 Å². The number of rotatable bonds is 2. The maximum absolute atomic E-state index is 5.68. The van der Waals surface area contributed by atoms with Crippen LogP contribution in [0, 0.1) is 6.92 Å². The zero-order chi connectivity index (χ0) is 9.97. The van der Waals surface area contributed by atoms with Crippen LogP contribution in [-0.2, 0) is 5.88 Å². The molecule has 14 heavy (non-hydrogen) atoms. The largest absolute Gasteiger partial charge is 0.253 e. The Bertz CT molecular complexity index is 422. The Hall–Kier alpha value is -0.930. The minimum atomic E-state index is 0.461. The van der Waals surface area contributed by atoms with Crippen molar-refractivity contribution in [2.45, 2.75) is 12.8 Å². The van der Waals surface area contributed by atoms with Crippen molar-refractivity contribution in [3.8, 4) is 10.7 Å². The van der Waals surface area contributed by atoms with Gasteiger partial charge in [0.25, 0.3) is 0 Å². The third-order valence-electron chi connectivity index (χ3n) is 1.82. The fourth-order valence-electron chi connectivity index (χ4n) is 1.08. The second-order valence-corrected chi connectivity index (χ2v) is 4.12. The van der Waals surface area contributed by atoms with Crippen molar-refractivity contribution in [2.24, 2.45) is 0 Å². The third-order valence-corrected chi connectivity index (χ3v) is 3.01. The predicted molar refractivity (Wildman–Crippen MR) is 59.6 cm³/mol. The Balaban J connectivity index is 2.34. The highest BCUT2D eigenvalue weighted by molar-refractivity contribution is 7.13. The highest BCUT2D eigenvalue weighted by Crippen LogP contribution is 2.22. The average Bonchev–Trinajstić information content (AvgIpc) is 2.67. The van der Waals surface area contributed by atoms with E-state index in [9.17, 15) is 0 Å². The summed E-state index contributed by atoms with van der Waals surface area (Å²) >= 11 is 7.25. The summed E-state index contributed by atoms with van der Waals surface area (Å²) in [6.45, 7) is 2.02. The molecule has 0 spiro atoms. The minimum Gasteiger partial charge on any atom is -0.253 e. The summed E-state index contributed by atoms with van der Waals surface area (Å²) in [5.74, 6) is 0.461. The van der Waals surface area contributed by atoms with E-state index in [2.05, 4.69) is 9.97 Å². The second-order valence-electron chi connectivity index (χ2n) is 3.00. The molecule has 0 bridgehead atoms. The summed E-state index contributed by atoms with van der Waals surface area (Å²) in [6.07, 6.45) is 1.84. The lowest BCUT2D eigenvalue weighted by Gasteiger charge is -1.95. The summed E-state index contributed by atoms with van der Waals surface area (Å²) in [6, 6.07) is 4.01. The summed E-state index contributed by atoms with van der Waals surface area (Å²) in [5, 5.41) is 2.89. The molecule has 0 unspecified atom stereocenters. The van der Waals surface area contributed by atoms with E-state index in [1.807, 2.05) is 30.6 Å². The molecule has 72 valence electrons. The maximum atomic E-state index is 5.68. The van der Waals surface area contributed by atoms with Crippen LogP contribution in [-0.4, -0.2) is 9.97 Å². The smallest absolute Gasteiger partial charge is 0.142 e. The SMILES string of the molecule is Cc1ccc(-c2nc(CCl)cs2)nc1. The van der Waals surface area contributed by atoms with E-state index < -0.39 is 0 Å². The molecule has 0 N–H and O–H groups in total. The van der Waals surface area contributed by atoms with Crippen molar-refractivity contribution < 1.29 is 0 Å². The molecule has 0 saturated carbocycles. The molecule has 0 aromatic carbocycles. The number of aromatic nitrogens is 2. The first-order chi connectivity index (χ1) is 6.79. The maximum Gasteiger partial charge on any atom is 0.142 e. The molecular weight excluding hydrogens is 216 g/mol. The van der Waals surface area contributed by atoms with E-state index >= 15 is 0 Å². The van der Waals surface area contributed by atoms with Gasteiger partial charge in [0, 0.05) is 11.6 Å². The van der Waals surface area contributed by atoms with Gasteiger partial charge in [0.2, 0.25) is 0 Å². The van der Waals surface area contributed by atoms with Crippen LogP contribution in [0.5, 0.6) is 0 Å². The van der Waals surface area contributed by atoms with Crippen LogP contribution in [0.25, 0.3) is 10.7 Å². The summed E-state index contributed by atoms with van der Waals surface area (Å²) in [5.41, 5.74) is 2.98. The molecule has 0 aliphatic rings. The van der Waals surface area contributed by atoms with Gasteiger partial charge >= 0.3 is 0 Å². The molecule has 4 heteroatoms. The Kier molecular flexibility index (Phi) is 2.79. The lowest BCUT2D eigenvalue weighted by Crippen LogP contribution is -1.84. The molecule has 0 aliphatic heterocycles. The number of pyridine rings is 1. The summed E-state index contributed by atoms with van der Waals surface area (Å²) in [4.78, 5) is 8.65. The zero-order valence-corrected chi connectivity index (χ0v) is 9.27. The fourth-order valence-corrected chi connectivity index (χ4v) is 2.10. The standard InChI is InChI=1S/C10H9ClN2S/c1-7-2-3-9(12-5-7)10-13-8(4-11)6-14-10/h2-3,5-6H,4H2,1H3. The summed E-state index contributed by atoms with van der Waals surface area (Å²) < 4.78 is 0. The molecule has 0 amide bonds. The van der Waals surface area contributed by atoms with Gasteiger partial charge in [-0.3, -0.25) is 4.98 Å². The molecular formula is C10H9ClN2S. The fraction of sp³-hybridized carbons (Fsp3) is 0.200. The first kappa shape index (κ1) is 9.62. The Labute approximate surface area is 91.6 Å². The van der Waals surface area contributed by atoms with Crippen molar-refractivity contribution in [1.82, 2.24) is 9.97 Å². The summed E-state index contributed by atoms with van der Waals surface area (Å²) in [7, 11) is 0. The van der Waals surface area contributed by atoms with Gasteiger partial charge in [0.15, 0.2) is 0 Å². The van der Waals surface area contributed by atoms with Crippen LogP contribution < -0.4 is 0 Å². The highest BCUT2D eigenvalue weighted by Gasteiger charge is 2.04. The van der Waals surface area contributed by atoms with E-state index in [1.165, 1.54) is 0 Å². The molecule has 2 heterocycles. The highest BCUT2D eigenvalue weighted by atomic mass is 35.5. The van der Waals surface area contributed by atoms with Crippen molar-refractivity contribution in [1.29, 1.82) is 0 Å². The Morgan fingerprint density at radius 1 is 1.43 bits per heavy atom. The quantitative estimate of drug-likeness (QED) is 0.732. The minimum absolute atomic E-state index is 0.461. The van der Waals surface area contributed by atoms with Gasteiger partial charge in [-0.05, 0) is 18.6 Å². The normalized spacial score (nSPS) is 10.4. The van der Waals surface area contributed by atoms with Gasteiger partial charge in [-0.25, -0.2) is 4.98 Å².